The van der Waals surface area contributed by atoms with Gasteiger partial charge in [0.05, 0.1) is 23.4 Å². The first-order valence-electron chi connectivity index (χ1n) is 8.06. The molecule has 0 spiro atoms. The number of hydrogen-bond acceptors (Lipinski definition) is 3. The van der Waals surface area contributed by atoms with E-state index < -0.39 is 6.17 Å². The number of fused-ring (bicyclic) bond motifs is 1. The van der Waals surface area contributed by atoms with Crippen LogP contribution in [0.2, 0.25) is 5.15 Å². The van der Waals surface area contributed by atoms with Gasteiger partial charge in [0.25, 0.3) is 5.91 Å². The van der Waals surface area contributed by atoms with Gasteiger partial charge >= 0.3 is 0 Å². The molecule has 1 amide bonds. The number of benzene rings is 2. The van der Waals surface area contributed by atoms with Crippen LogP contribution in [0.1, 0.15) is 33.3 Å². The summed E-state index contributed by atoms with van der Waals surface area (Å²) in [5, 5.41) is 11.4. The van der Waals surface area contributed by atoms with E-state index in [4.69, 9.17) is 11.6 Å². The molecule has 2 heterocycles. The second kappa shape index (κ2) is 6.26. The molecule has 2 N–H and O–H groups in total. The normalized spacial score (nSPS) is 16.1. The Hall–Kier alpha value is -2.79. The van der Waals surface area contributed by atoms with Crippen molar-refractivity contribution in [1.82, 2.24) is 15.1 Å². The van der Waals surface area contributed by atoms with Crippen molar-refractivity contribution in [1.29, 1.82) is 0 Å². The van der Waals surface area contributed by atoms with E-state index in [0.29, 0.717) is 17.3 Å². The zero-order valence-corrected chi connectivity index (χ0v) is 14.4. The summed E-state index contributed by atoms with van der Waals surface area (Å²) in [6.07, 6.45) is -0.403. The molecule has 0 unspecified atom stereocenters. The van der Waals surface area contributed by atoms with Crippen LogP contribution in [0.25, 0.3) is 0 Å². The maximum atomic E-state index is 12.4. The number of rotatable bonds is 3. The molecule has 126 valence electrons. The Morgan fingerprint density at radius 1 is 1.08 bits per heavy atom. The van der Waals surface area contributed by atoms with Crippen LogP contribution in [-0.2, 0) is 6.54 Å². The summed E-state index contributed by atoms with van der Waals surface area (Å²) < 4.78 is 1.76. The Morgan fingerprint density at radius 3 is 2.60 bits per heavy atom. The number of hydrogen-bond donors (Lipinski definition) is 2. The summed E-state index contributed by atoms with van der Waals surface area (Å²) >= 11 is 6.60. The smallest absolute Gasteiger partial charge is 0.255 e. The van der Waals surface area contributed by atoms with Gasteiger partial charge in [-0.05, 0) is 24.6 Å². The van der Waals surface area contributed by atoms with Gasteiger partial charge in [0.2, 0.25) is 0 Å². The number of aromatic nitrogens is 2. The van der Waals surface area contributed by atoms with Crippen LogP contribution in [0.3, 0.4) is 0 Å². The number of nitrogens with one attached hydrogen (secondary N) is 2. The third kappa shape index (κ3) is 2.87. The minimum Gasteiger partial charge on any atom is -0.361 e. The Balaban J connectivity index is 1.67. The lowest BCUT2D eigenvalue weighted by Gasteiger charge is -2.27. The molecule has 5 nitrogen and oxygen atoms in total. The third-order valence-corrected chi connectivity index (χ3v) is 4.72. The van der Waals surface area contributed by atoms with Crippen LogP contribution >= 0.6 is 11.6 Å². The minimum absolute atomic E-state index is 0.120. The summed E-state index contributed by atoms with van der Waals surface area (Å²) in [7, 11) is 0. The van der Waals surface area contributed by atoms with Gasteiger partial charge in [-0.2, -0.15) is 5.10 Å². The highest BCUT2D eigenvalue weighted by molar-refractivity contribution is 6.30. The van der Waals surface area contributed by atoms with Crippen molar-refractivity contribution in [3.63, 3.8) is 0 Å². The van der Waals surface area contributed by atoms with Crippen molar-refractivity contribution in [2.24, 2.45) is 0 Å². The highest BCUT2D eigenvalue weighted by atomic mass is 35.5. The predicted molar refractivity (Wildman–Crippen MR) is 97.8 cm³/mol. The van der Waals surface area contributed by atoms with Gasteiger partial charge in [0.15, 0.2) is 0 Å². The standard InChI is InChI=1S/C19H17ClN4O/c1-12-16(17(20)24(23-12)11-13-7-3-2-4-8-13)18-21-15-10-6-5-9-14(15)19(25)22-18/h2-10,18,21H,11H2,1H3,(H,22,25)/t18-/m1/s1. The van der Waals surface area contributed by atoms with Gasteiger partial charge in [0.1, 0.15) is 11.3 Å². The highest BCUT2D eigenvalue weighted by Gasteiger charge is 2.29. The number of halogens is 1. The second-order valence-electron chi connectivity index (χ2n) is 6.03. The van der Waals surface area contributed by atoms with Crippen molar-refractivity contribution in [3.05, 3.63) is 82.1 Å². The lowest BCUT2D eigenvalue weighted by Crippen LogP contribution is -2.38. The average molecular weight is 353 g/mol. The van der Waals surface area contributed by atoms with E-state index in [-0.39, 0.29) is 5.91 Å². The van der Waals surface area contributed by atoms with Crippen LogP contribution in [-0.4, -0.2) is 15.7 Å². The number of carbonyl (C=O) groups excluding carboxylic acids is 1. The van der Waals surface area contributed by atoms with Crippen LogP contribution < -0.4 is 10.6 Å². The van der Waals surface area contributed by atoms with Gasteiger partial charge in [-0.15, -0.1) is 0 Å². The third-order valence-electron chi connectivity index (χ3n) is 4.32. The minimum atomic E-state index is -0.403. The number of aryl methyl sites for hydroxylation is 1. The highest BCUT2D eigenvalue weighted by Crippen LogP contribution is 2.32. The molecule has 2 aromatic carbocycles. The Kier molecular flexibility index (Phi) is 3.93. The van der Waals surface area contributed by atoms with Gasteiger partial charge < -0.3 is 10.6 Å². The molecule has 25 heavy (non-hydrogen) atoms. The Labute approximate surface area is 150 Å². The zero-order valence-electron chi connectivity index (χ0n) is 13.7. The van der Waals surface area contributed by atoms with E-state index in [2.05, 4.69) is 15.7 Å². The Bertz CT molecular complexity index is 936. The first-order chi connectivity index (χ1) is 12.1. The first-order valence-corrected chi connectivity index (χ1v) is 8.44. The van der Waals surface area contributed by atoms with Crippen LogP contribution in [0.4, 0.5) is 5.69 Å². The van der Waals surface area contributed by atoms with Crippen molar-refractivity contribution in [2.75, 3.05) is 5.32 Å². The van der Waals surface area contributed by atoms with E-state index in [9.17, 15) is 4.79 Å². The largest absolute Gasteiger partial charge is 0.361 e. The van der Waals surface area contributed by atoms with Gasteiger partial charge in [-0.25, -0.2) is 4.68 Å². The van der Waals surface area contributed by atoms with Gasteiger partial charge in [-0.1, -0.05) is 54.1 Å². The summed E-state index contributed by atoms with van der Waals surface area (Å²) in [5.41, 5.74) is 4.12. The van der Waals surface area contributed by atoms with E-state index >= 15 is 0 Å². The molecule has 0 fully saturated rings. The van der Waals surface area contributed by atoms with E-state index in [1.165, 1.54) is 0 Å². The molecule has 1 aliphatic rings. The molecule has 0 aliphatic carbocycles. The molecule has 0 saturated carbocycles. The molecule has 1 aliphatic heterocycles. The molecule has 4 rings (SSSR count). The quantitative estimate of drug-likeness (QED) is 0.754. The summed E-state index contributed by atoms with van der Waals surface area (Å²) in [6.45, 7) is 2.48. The summed E-state index contributed by atoms with van der Waals surface area (Å²) in [5.74, 6) is -0.120. The molecular weight excluding hydrogens is 336 g/mol. The number of carbonyl (C=O) groups is 1. The lowest BCUT2D eigenvalue weighted by atomic mass is 10.1. The zero-order chi connectivity index (χ0) is 17.4. The summed E-state index contributed by atoms with van der Waals surface area (Å²) in [4.78, 5) is 12.4. The lowest BCUT2D eigenvalue weighted by molar-refractivity contribution is 0.0935. The molecule has 6 heteroatoms. The SMILES string of the molecule is Cc1nn(Cc2ccccc2)c(Cl)c1[C@H]1NC(=O)c2ccccc2N1. The van der Waals surface area contributed by atoms with Crippen LogP contribution in [0, 0.1) is 6.92 Å². The summed E-state index contributed by atoms with van der Waals surface area (Å²) in [6, 6.07) is 17.4. The van der Waals surface area contributed by atoms with Gasteiger partial charge in [0, 0.05) is 5.69 Å². The molecule has 3 aromatic rings. The van der Waals surface area contributed by atoms with E-state index in [1.807, 2.05) is 55.5 Å². The number of para-hydroxylation sites is 1. The Morgan fingerprint density at radius 2 is 1.80 bits per heavy atom. The number of amides is 1. The van der Waals surface area contributed by atoms with Crippen molar-refractivity contribution < 1.29 is 4.79 Å². The average Bonchev–Trinajstić information content (AvgIpc) is 2.89. The molecule has 0 bridgehead atoms. The predicted octanol–water partition coefficient (Wildman–Crippen LogP) is 3.75. The maximum absolute atomic E-state index is 12.4. The molecular formula is C19H17ClN4O. The molecule has 1 aromatic heterocycles. The topological polar surface area (TPSA) is 59.0 Å². The maximum Gasteiger partial charge on any atom is 0.255 e. The molecule has 0 saturated heterocycles. The molecule has 0 radical (unpaired) electrons. The van der Waals surface area contributed by atoms with Crippen molar-refractivity contribution in [3.8, 4) is 0 Å². The van der Waals surface area contributed by atoms with Crippen molar-refractivity contribution >= 4 is 23.2 Å². The fourth-order valence-corrected chi connectivity index (χ4v) is 3.45. The van der Waals surface area contributed by atoms with Crippen LogP contribution in [0.15, 0.2) is 54.6 Å². The first kappa shape index (κ1) is 15.7. The fourth-order valence-electron chi connectivity index (χ4n) is 3.11. The van der Waals surface area contributed by atoms with Gasteiger partial charge in [-0.3, -0.25) is 4.79 Å². The van der Waals surface area contributed by atoms with Crippen LogP contribution in [0.5, 0.6) is 0 Å². The van der Waals surface area contributed by atoms with E-state index in [1.54, 1.807) is 10.7 Å². The fraction of sp³-hybridized carbons (Fsp3) is 0.158. The number of anilines is 1. The monoisotopic (exact) mass is 352 g/mol. The molecule has 1 atom stereocenters. The second-order valence-corrected chi connectivity index (χ2v) is 6.39. The van der Waals surface area contributed by atoms with E-state index in [0.717, 1.165) is 22.5 Å². The number of nitrogens with zero attached hydrogens (tertiary/aromatic N) is 2. The van der Waals surface area contributed by atoms with Crippen molar-refractivity contribution in [2.45, 2.75) is 19.6 Å².